The molecule has 0 spiro atoms. The van der Waals surface area contributed by atoms with E-state index in [-0.39, 0.29) is 11.8 Å². The number of likely N-dealkylation sites (tertiary alicyclic amines) is 1. The lowest BCUT2D eigenvalue weighted by Crippen LogP contribution is -2.38. The maximum absolute atomic E-state index is 12.6. The number of nitrogens with zero attached hydrogens (tertiary/aromatic N) is 1. The van der Waals surface area contributed by atoms with E-state index in [0.29, 0.717) is 23.6 Å². The van der Waals surface area contributed by atoms with Gasteiger partial charge in [0.25, 0.3) is 0 Å². The number of Topliss-reactive ketones (excluding diaryl/α,β-unsaturated/α-hetero) is 1. The third kappa shape index (κ3) is 5.27. The minimum absolute atomic E-state index is 0.0455. The first kappa shape index (κ1) is 17.8. The van der Waals surface area contributed by atoms with E-state index < -0.39 is 0 Å². The van der Waals surface area contributed by atoms with Crippen molar-refractivity contribution in [2.75, 3.05) is 18.1 Å². The smallest absolute Gasteiger partial charge is 0.223 e. The van der Waals surface area contributed by atoms with Gasteiger partial charge in [0.1, 0.15) is 5.78 Å². The Labute approximate surface area is 138 Å². The molecule has 126 valence electrons. The molecule has 22 heavy (non-hydrogen) atoms. The lowest BCUT2D eigenvalue weighted by molar-refractivity contribution is -0.132. The summed E-state index contributed by atoms with van der Waals surface area (Å²) in [6.07, 6.45) is 9.33. The highest BCUT2D eigenvalue weighted by Crippen LogP contribution is 2.29. The molecule has 2 rings (SSSR count). The highest BCUT2D eigenvalue weighted by molar-refractivity contribution is 7.99. The molecule has 1 saturated heterocycles. The first-order chi connectivity index (χ1) is 10.6. The van der Waals surface area contributed by atoms with Gasteiger partial charge in [-0.1, -0.05) is 19.3 Å². The van der Waals surface area contributed by atoms with Crippen molar-refractivity contribution in [3.8, 4) is 0 Å². The molecular weight excluding hydrogens is 296 g/mol. The molecule has 0 aromatic rings. The number of amides is 1. The van der Waals surface area contributed by atoms with E-state index in [1.807, 2.05) is 0 Å². The maximum Gasteiger partial charge on any atom is 0.223 e. The summed E-state index contributed by atoms with van der Waals surface area (Å²) in [7, 11) is 0. The molecule has 2 atom stereocenters. The number of carbonyl (C=O) groups excluding carboxylic acids is 2. The van der Waals surface area contributed by atoms with Gasteiger partial charge in [-0.05, 0) is 38.5 Å². The van der Waals surface area contributed by atoms with Crippen LogP contribution < -0.4 is 5.73 Å². The van der Waals surface area contributed by atoms with E-state index in [1.54, 1.807) is 18.7 Å². The number of rotatable bonds is 7. The minimum Gasteiger partial charge on any atom is -0.339 e. The minimum atomic E-state index is -0.363. The van der Waals surface area contributed by atoms with E-state index in [9.17, 15) is 9.59 Å². The van der Waals surface area contributed by atoms with Crippen molar-refractivity contribution in [3.05, 3.63) is 0 Å². The molecule has 0 aromatic heterocycles. The number of hydrogen-bond donors (Lipinski definition) is 1. The van der Waals surface area contributed by atoms with E-state index in [0.717, 1.165) is 31.6 Å². The Morgan fingerprint density at radius 2 is 1.91 bits per heavy atom. The molecule has 1 heterocycles. The van der Waals surface area contributed by atoms with Gasteiger partial charge in [0.15, 0.2) is 0 Å². The molecule has 2 N–H and O–H groups in total. The summed E-state index contributed by atoms with van der Waals surface area (Å²) < 4.78 is 0. The predicted molar refractivity (Wildman–Crippen MR) is 91.9 cm³/mol. The third-order valence-corrected chi connectivity index (χ3v) is 6.23. The van der Waals surface area contributed by atoms with Crippen LogP contribution in [0.1, 0.15) is 58.3 Å². The Morgan fingerprint density at radius 1 is 1.18 bits per heavy atom. The zero-order chi connectivity index (χ0) is 15.9. The van der Waals surface area contributed by atoms with Crippen molar-refractivity contribution in [2.45, 2.75) is 70.4 Å². The zero-order valence-corrected chi connectivity index (χ0v) is 14.6. The Bertz CT molecular complexity index is 383. The van der Waals surface area contributed by atoms with E-state index in [4.69, 9.17) is 5.73 Å². The number of thioether (sulfide) groups is 1. The number of ketones is 1. The molecule has 5 heteroatoms. The van der Waals surface area contributed by atoms with Gasteiger partial charge in [-0.25, -0.2) is 0 Å². The number of nitrogens with two attached hydrogens (primary N) is 1. The summed E-state index contributed by atoms with van der Waals surface area (Å²) in [6, 6.07) is -0.0157. The van der Waals surface area contributed by atoms with Gasteiger partial charge in [0, 0.05) is 30.5 Å². The van der Waals surface area contributed by atoms with Crippen LogP contribution in [0.4, 0.5) is 0 Å². The van der Waals surface area contributed by atoms with Gasteiger partial charge in [0.05, 0.1) is 6.04 Å². The van der Waals surface area contributed by atoms with Crippen LogP contribution in [0.5, 0.6) is 0 Å². The van der Waals surface area contributed by atoms with Crippen molar-refractivity contribution in [3.63, 3.8) is 0 Å². The highest BCUT2D eigenvalue weighted by atomic mass is 32.2. The SMILES string of the molecule is CC(=O)[C@H](N)CSC[C@@H]1CCCN1C(=O)CC1CCCCC1. The Hall–Kier alpha value is -0.550. The van der Waals surface area contributed by atoms with Gasteiger partial charge in [0.2, 0.25) is 5.91 Å². The molecule has 1 aliphatic heterocycles. The Morgan fingerprint density at radius 3 is 2.59 bits per heavy atom. The maximum atomic E-state index is 12.6. The normalized spacial score (nSPS) is 24.5. The Kier molecular flexibility index (Phi) is 7.22. The summed E-state index contributed by atoms with van der Waals surface area (Å²) in [5, 5.41) is 0. The molecule has 1 aliphatic carbocycles. The summed E-state index contributed by atoms with van der Waals surface area (Å²) >= 11 is 1.71. The average molecular weight is 327 g/mol. The van der Waals surface area contributed by atoms with Gasteiger partial charge in [-0.2, -0.15) is 11.8 Å². The largest absolute Gasteiger partial charge is 0.339 e. The van der Waals surface area contributed by atoms with Gasteiger partial charge in [-0.15, -0.1) is 0 Å². The molecule has 0 radical (unpaired) electrons. The predicted octanol–water partition coefficient (Wildman–Crippen LogP) is 2.60. The van der Waals surface area contributed by atoms with Crippen molar-refractivity contribution in [1.82, 2.24) is 4.90 Å². The first-order valence-electron chi connectivity index (χ1n) is 8.71. The van der Waals surface area contributed by atoms with Crippen LogP contribution in [-0.4, -0.2) is 46.7 Å². The molecule has 1 saturated carbocycles. The topological polar surface area (TPSA) is 63.4 Å². The molecule has 0 aromatic carbocycles. The quantitative estimate of drug-likeness (QED) is 0.781. The lowest BCUT2D eigenvalue weighted by Gasteiger charge is -2.28. The molecular formula is C17H30N2O2S. The van der Waals surface area contributed by atoms with Gasteiger partial charge < -0.3 is 10.6 Å². The average Bonchev–Trinajstić information content (AvgIpc) is 2.96. The second-order valence-corrected chi connectivity index (χ2v) is 7.92. The highest BCUT2D eigenvalue weighted by Gasteiger charge is 2.30. The van der Waals surface area contributed by atoms with Crippen LogP contribution in [0, 0.1) is 5.92 Å². The van der Waals surface area contributed by atoms with E-state index >= 15 is 0 Å². The van der Waals surface area contributed by atoms with Crippen LogP contribution in [0.15, 0.2) is 0 Å². The fourth-order valence-corrected chi connectivity index (χ4v) is 4.78. The van der Waals surface area contributed by atoms with Crippen LogP contribution in [0.3, 0.4) is 0 Å². The number of hydrogen-bond acceptors (Lipinski definition) is 4. The fraction of sp³-hybridized carbons (Fsp3) is 0.882. The summed E-state index contributed by atoms with van der Waals surface area (Å²) in [6.45, 7) is 2.45. The zero-order valence-electron chi connectivity index (χ0n) is 13.8. The van der Waals surface area contributed by atoms with Gasteiger partial charge in [-0.3, -0.25) is 9.59 Å². The molecule has 1 amide bonds. The van der Waals surface area contributed by atoms with Gasteiger partial charge >= 0.3 is 0 Å². The van der Waals surface area contributed by atoms with Crippen molar-refractivity contribution >= 4 is 23.5 Å². The third-order valence-electron chi connectivity index (χ3n) is 5.02. The van der Waals surface area contributed by atoms with Crippen LogP contribution in [0.25, 0.3) is 0 Å². The van der Waals surface area contributed by atoms with Crippen LogP contribution in [0.2, 0.25) is 0 Å². The monoisotopic (exact) mass is 326 g/mol. The first-order valence-corrected chi connectivity index (χ1v) is 9.86. The molecule has 0 bridgehead atoms. The molecule has 2 fully saturated rings. The number of carbonyl (C=O) groups is 2. The summed E-state index contributed by atoms with van der Waals surface area (Å²) in [5.41, 5.74) is 5.77. The van der Waals surface area contributed by atoms with E-state index in [2.05, 4.69) is 4.90 Å². The molecule has 0 unspecified atom stereocenters. The lowest BCUT2D eigenvalue weighted by atomic mass is 9.86. The molecule has 2 aliphatic rings. The standard InChI is InChI=1S/C17H30N2O2S/c1-13(20)16(18)12-22-11-15-8-5-9-19(15)17(21)10-14-6-3-2-4-7-14/h14-16H,2-12,18H2,1H3/t15-,16+/m0/s1. The van der Waals surface area contributed by atoms with Crippen LogP contribution >= 0.6 is 11.8 Å². The Balaban J connectivity index is 1.74. The van der Waals surface area contributed by atoms with Crippen LogP contribution in [-0.2, 0) is 9.59 Å². The summed E-state index contributed by atoms with van der Waals surface area (Å²) in [4.78, 5) is 25.8. The second-order valence-electron chi connectivity index (χ2n) is 6.85. The fourth-order valence-electron chi connectivity index (χ4n) is 3.54. The van der Waals surface area contributed by atoms with Crippen molar-refractivity contribution < 1.29 is 9.59 Å². The van der Waals surface area contributed by atoms with Crippen molar-refractivity contribution in [2.24, 2.45) is 11.7 Å². The van der Waals surface area contributed by atoms with E-state index in [1.165, 1.54) is 32.1 Å². The second kappa shape index (κ2) is 8.92. The summed E-state index contributed by atoms with van der Waals surface area (Å²) in [5.74, 6) is 2.59. The van der Waals surface area contributed by atoms with Crippen molar-refractivity contribution in [1.29, 1.82) is 0 Å². The molecule has 4 nitrogen and oxygen atoms in total.